The first kappa shape index (κ1) is 18.0. The number of aliphatic hydroxyl groups is 1. The van der Waals surface area contributed by atoms with Crippen LogP contribution in [0.5, 0.6) is 5.75 Å². The molecule has 134 valence electrons. The molecule has 2 aromatic rings. The van der Waals surface area contributed by atoms with E-state index in [9.17, 15) is 5.11 Å². The van der Waals surface area contributed by atoms with Crippen molar-refractivity contribution in [3.8, 4) is 16.9 Å². The SMILES string of the molecule is CCCCOc1ccc(-c2ccc(C3(O)CCC(C)CC3)cc2)cc1. The molecule has 1 aliphatic carbocycles. The van der Waals surface area contributed by atoms with Crippen LogP contribution < -0.4 is 4.74 Å². The highest BCUT2D eigenvalue weighted by molar-refractivity contribution is 5.64. The minimum atomic E-state index is -0.637. The molecular weight excluding hydrogens is 308 g/mol. The molecule has 1 saturated carbocycles. The number of benzene rings is 2. The Hall–Kier alpha value is -1.80. The second-order valence-electron chi connectivity index (χ2n) is 7.52. The van der Waals surface area contributed by atoms with E-state index in [1.165, 1.54) is 11.1 Å². The summed E-state index contributed by atoms with van der Waals surface area (Å²) >= 11 is 0. The van der Waals surface area contributed by atoms with Gasteiger partial charge in [0.05, 0.1) is 12.2 Å². The summed E-state index contributed by atoms with van der Waals surface area (Å²) in [6.07, 6.45) is 6.20. The molecule has 0 spiro atoms. The third-order valence-corrected chi connectivity index (χ3v) is 5.48. The third-order valence-electron chi connectivity index (χ3n) is 5.48. The fraction of sp³-hybridized carbons (Fsp3) is 0.478. The van der Waals surface area contributed by atoms with Gasteiger partial charge in [0.15, 0.2) is 0 Å². The highest BCUT2D eigenvalue weighted by atomic mass is 16.5. The van der Waals surface area contributed by atoms with E-state index in [0.717, 1.165) is 62.4 Å². The molecule has 2 nitrogen and oxygen atoms in total. The second-order valence-corrected chi connectivity index (χ2v) is 7.52. The Morgan fingerprint density at radius 3 is 2.08 bits per heavy atom. The largest absolute Gasteiger partial charge is 0.494 e. The third kappa shape index (κ3) is 4.43. The van der Waals surface area contributed by atoms with E-state index in [2.05, 4.69) is 50.2 Å². The van der Waals surface area contributed by atoms with Crippen LogP contribution in [0.2, 0.25) is 0 Å². The van der Waals surface area contributed by atoms with Gasteiger partial charge in [0.25, 0.3) is 0 Å². The van der Waals surface area contributed by atoms with Crippen LogP contribution in [-0.2, 0) is 5.60 Å². The molecular formula is C23H30O2. The van der Waals surface area contributed by atoms with E-state index in [-0.39, 0.29) is 0 Å². The predicted molar refractivity (Wildman–Crippen MR) is 104 cm³/mol. The van der Waals surface area contributed by atoms with E-state index < -0.39 is 5.60 Å². The monoisotopic (exact) mass is 338 g/mol. The molecule has 0 unspecified atom stereocenters. The van der Waals surface area contributed by atoms with Gasteiger partial charge in [-0.05, 0) is 66.8 Å². The number of unbranched alkanes of at least 4 members (excludes halogenated alkanes) is 1. The van der Waals surface area contributed by atoms with Crippen molar-refractivity contribution in [2.45, 2.75) is 58.0 Å². The van der Waals surface area contributed by atoms with Gasteiger partial charge in [-0.2, -0.15) is 0 Å². The van der Waals surface area contributed by atoms with E-state index in [1.807, 2.05) is 12.1 Å². The molecule has 1 N–H and O–H groups in total. The van der Waals surface area contributed by atoms with Crippen LogP contribution in [0.25, 0.3) is 11.1 Å². The van der Waals surface area contributed by atoms with Gasteiger partial charge in [0.2, 0.25) is 0 Å². The number of ether oxygens (including phenoxy) is 1. The Kier molecular flexibility index (Phi) is 5.80. The molecule has 0 radical (unpaired) electrons. The van der Waals surface area contributed by atoms with E-state index in [4.69, 9.17) is 4.74 Å². The standard InChI is InChI=1S/C23H30O2/c1-3-4-17-25-22-11-7-20(8-12-22)19-5-9-21(10-6-19)23(24)15-13-18(2)14-16-23/h5-12,18,24H,3-4,13-17H2,1-2H3. The van der Waals surface area contributed by atoms with Crippen LogP contribution in [0.15, 0.2) is 48.5 Å². The Bertz CT molecular complexity index is 649. The first-order valence-corrected chi connectivity index (χ1v) is 9.67. The van der Waals surface area contributed by atoms with E-state index in [1.54, 1.807) is 0 Å². The summed E-state index contributed by atoms with van der Waals surface area (Å²) in [6.45, 7) is 5.22. The number of hydrogen-bond acceptors (Lipinski definition) is 2. The lowest BCUT2D eigenvalue weighted by molar-refractivity contribution is -0.0120. The van der Waals surface area contributed by atoms with Crippen molar-refractivity contribution in [1.29, 1.82) is 0 Å². The Morgan fingerprint density at radius 1 is 0.960 bits per heavy atom. The van der Waals surface area contributed by atoms with Crippen LogP contribution in [0.4, 0.5) is 0 Å². The van der Waals surface area contributed by atoms with Gasteiger partial charge < -0.3 is 9.84 Å². The first-order valence-electron chi connectivity index (χ1n) is 9.67. The fourth-order valence-electron chi connectivity index (χ4n) is 3.58. The van der Waals surface area contributed by atoms with Crippen molar-refractivity contribution in [1.82, 2.24) is 0 Å². The predicted octanol–water partition coefficient (Wildman–Crippen LogP) is 5.93. The molecule has 3 rings (SSSR count). The molecule has 1 fully saturated rings. The minimum Gasteiger partial charge on any atom is -0.494 e. The molecule has 0 saturated heterocycles. The Morgan fingerprint density at radius 2 is 1.52 bits per heavy atom. The van der Waals surface area contributed by atoms with Crippen LogP contribution in [0.3, 0.4) is 0 Å². The van der Waals surface area contributed by atoms with Crippen molar-refractivity contribution >= 4 is 0 Å². The van der Waals surface area contributed by atoms with Crippen molar-refractivity contribution < 1.29 is 9.84 Å². The average molecular weight is 338 g/mol. The summed E-state index contributed by atoms with van der Waals surface area (Å²) in [5.74, 6) is 1.66. The maximum absolute atomic E-state index is 10.9. The molecule has 2 heteroatoms. The van der Waals surface area contributed by atoms with Gasteiger partial charge in [-0.3, -0.25) is 0 Å². The lowest BCUT2D eigenvalue weighted by atomic mass is 9.75. The topological polar surface area (TPSA) is 29.5 Å². The van der Waals surface area contributed by atoms with Crippen molar-refractivity contribution in [2.75, 3.05) is 6.61 Å². The molecule has 0 amide bonds. The van der Waals surface area contributed by atoms with Gasteiger partial charge >= 0.3 is 0 Å². The molecule has 1 aliphatic rings. The van der Waals surface area contributed by atoms with E-state index >= 15 is 0 Å². The second kappa shape index (κ2) is 8.05. The van der Waals surface area contributed by atoms with Crippen molar-refractivity contribution in [2.24, 2.45) is 5.92 Å². The highest BCUT2D eigenvalue weighted by Crippen LogP contribution is 2.39. The van der Waals surface area contributed by atoms with Crippen molar-refractivity contribution in [3.63, 3.8) is 0 Å². The zero-order valence-corrected chi connectivity index (χ0v) is 15.5. The normalized spacial score (nSPS) is 23.4. The molecule has 0 atom stereocenters. The molecule has 0 bridgehead atoms. The zero-order chi connectivity index (χ0) is 17.7. The number of rotatable bonds is 6. The lowest BCUT2D eigenvalue weighted by Gasteiger charge is -2.35. The lowest BCUT2D eigenvalue weighted by Crippen LogP contribution is -2.30. The van der Waals surface area contributed by atoms with Crippen molar-refractivity contribution in [3.05, 3.63) is 54.1 Å². The van der Waals surface area contributed by atoms with Gasteiger partial charge in [-0.15, -0.1) is 0 Å². The molecule has 0 aliphatic heterocycles. The highest BCUT2D eigenvalue weighted by Gasteiger charge is 2.33. The zero-order valence-electron chi connectivity index (χ0n) is 15.5. The number of hydrogen-bond donors (Lipinski definition) is 1. The summed E-state index contributed by atoms with van der Waals surface area (Å²) in [5.41, 5.74) is 2.78. The van der Waals surface area contributed by atoms with Crippen LogP contribution >= 0.6 is 0 Å². The summed E-state index contributed by atoms with van der Waals surface area (Å²) in [4.78, 5) is 0. The maximum atomic E-state index is 10.9. The smallest absolute Gasteiger partial charge is 0.119 e. The first-order chi connectivity index (χ1) is 12.1. The van der Waals surface area contributed by atoms with Crippen LogP contribution in [0.1, 0.15) is 57.9 Å². The van der Waals surface area contributed by atoms with Crippen LogP contribution in [-0.4, -0.2) is 11.7 Å². The van der Waals surface area contributed by atoms with Gasteiger partial charge in [-0.25, -0.2) is 0 Å². The molecule has 0 aromatic heterocycles. The van der Waals surface area contributed by atoms with Gasteiger partial charge in [0.1, 0.15) is 5.75 Å². The Balaban J connectivity index is 1.68. The summed E-state index contributed by atoms with van der Waals surface area (Å²) < 4.78 is 5.72. The summed E-state index contributed by atoms with van der Waals surface area (Å²) in [7, 11) is 0. The molecule has 2 aromatic carbocycles. The van der Waals surface area contributed by atoms with Crippen LogP contribution in [0, 0.1) is 5.92 Å². The molecule has 25 heavy (non-hydrogen) atoms. The fourth-order valence-corrected chi connectivity index (χ4v) is 3.58. The quantitative estimate of drug-likeness (QED) is 0.661. The Labute approximate surface area is 151 Å². The minimum absolute atomic E-state index is 0.637. The maximum Gasteiger partial charge on any atom is 0.119 e. The van der Waals surface area contributed by atoms with Gasteiger partial charge in [-0.1, -0.05) is 56.7 Å². The average Bonchev–Trinajstić information content (AvgIpc) is 2.65. The summed E-state index contributed by atoms with van der Waals surface area (Å²) in [5, 5.41) is 10.9. The summed E-state index contributed by atoms with van der Waals surface area (Å²) in [6, 6.07) is 16.7. The van der Waals surface area contributed by atoms with Gasteiger partial charge in [0, 0.05) is 0 Å². The molecule has 0 heterocycles. The van der Waals surface area contributed by atoms with E-state index in [0.29, 0.717) is 0 Å².